The summed E-state index contributed by atoms with van der Waals surface area (Å²) in [5, 5.41) is 8.44. The number of epoxide rings is 1. The predicted octanol–water partition coefficient (Wildman–Crippen LogP) is 0.349. The van der Waals surface area contributed by atoms with E-state index < -0.39 is 11.9 Å². The summed E-state index contributed by atoms with van der Waals surface area (Å²) < 4.78 is 9.66. The van der Waals surface area contributed by atoms with E-state index in [1.807, 2.05) is 0 Å². The Morgan fingerprint density at radius 1 is 1.64 bits per heavy atom. The molecule has 1 unspecified atom stereocenters. The van der Waals surface area contributed by atoms with Gasteiger partial charge in [0.05, 0.1) is 6.61 Å². The fraction of sp³-hybridized carbons (Fsp3) is 0.556. The lowest BCUT2D eigenvalue weighted by atomic mass is 10.2. The average Bonchev–Trinajstić information content (AvgIpc) is 2.93. The van der Waals surface area contributed by atoms with Crippen molar-refractivity contribution in [2.24, 2.45) is 0 Å². The number of esters is 1. The van der Waals surface area contributed by atoms with Crippen molar-refractivity contribution in [2.45, 2.75) is 19.4 Å². The van der Waals surface area contributed by atoms with Crippen LogP contribution in [0.4, 0.5) is 0 Å². The van der Waals surface area contributed by atoms with Crippen LogP contribution in [-0.2, 0) is 19.1 Å². The summed E-state index contributed by atoms with van der Waals surface area (Å²) in [6.07, 6.45) is 1.22. The molecule has 1 atom stereocenters. The summed E-state index contributed by atoms with van der Waals surface area (Å²) in [6, 6.07) is 0. The van der Waals surface area contributed by atoms with Crippen LogP contribution in [0.3, 0.4) is 0 Å². The molecule has 1 aliphatic rings. The van der Waals surface area contributed by atoms with Crippen LogP contribution in [0.5, 0.6) is 0 Å². The average molecular weight is 200 g/mol. The van der Waals surface area contributed by atoms with Crippen molar-refractivity contribution in [3.05, 3.63) is 11.6 Å². The van der Waals surface area contributed by atoms with Crippen LogP contribution in [0, 0.1) is 0 Å². The Kier molecular flexibility index (Phi) is 3.64. The normalized spacial score (nSPS) is 20.4. The monoisotopic (exact) mass is 200 g/mol. The molecule has 0 saturated carbocycles. The fourth-order valence-corrected chi connectivity index (χ4v) is 0.880. The number of hydrogen-bond acceptors (Lipinski definition) is 4. The highest BCUT2D eigenvalue weighted by Crippen LogP contribution is 2.11. The molecule has 0 amide bonds. The summed E-state index contributed by atoms with van der Waals surface area (Å²) in [5.74, 6) is -1.72. The lowest BCUT2D eigenvalue weighted by Crippen LogP contribution is -2.12. The minimum Gasteiger partial charge on any atom is -0.478 e. The molecule has 5 heteroatoms. The minimum atomic E-state index is -1.14. The van der Waals surface area contributed by atoms with Crippen LogP contribution in [0.1, 0.15) is 13.3 Å². The number of hydrogen-bond donors (Lipinski definition) is 1. The van der Waals surface area contributed by atoms with Crippen LogP contribution in [0.15, 0.2) is 11.6 Å². The summed E-state index contributed by atoms with van der Waals surface area (Å²) in [4.78, 5) is 21.5. The molecule has 1 rings (SSSR count). The molecule has 0 bridgehead atoms. The molecule has 1 saturated heterocycles. The molecular weight excluding hydrogens is 188 g/mol. The fourth-order valence-electron chi connectivity index (χ4n) is 0.880. The van der Waals surface area contributed by atoms with Gasteiger partial charge in [0.15, 0.2) is 0 Å². The second-order valence-electron chi connectivity index (χ2n) is 2.92. The summed E-state index contributed by atoms with van der Waals surface area (Å²) in [5.41, 5.74) is 0.165. The number of carboxylic acid groups (broad SMARTS) is 1. The third-order valence-electron chi connectivity index (χ3n) is 1.74. The Morgan fingerprint density at radius 3 is 2.71 bits per heavy atom. The first-order chi connectivity index (χ1) is 6.63. The molecule has 5 nitrogen and oxygen atoms in total. The quantitative estimate of drug-likeness (QED) is 0.393. The van der Waals surface area contributed by atoms with Gasteiger partial charge in [0.25, 0.3) is 0 Å². The number of rotatable bonds is 5. The molecule has 0 aromatic carbocycles. The van der Waals surface area contributed by atoms with Crippen molar-refractivity contribution in [3.63, 3.8) is 0 Å². The predicted molar refractivity (Wildman–Crippen MR) is 46.7 cm³/mol. The first-order valence-corrected chi connectivity index (χ1v) is 4.35. The van der Waals surface area contributed by atoms with Gasteiger partial charge in [-0.2, -0.15) is 0 Å². The van der Waals surface area contributed by atoms with Crippen molar-refractivity contribution in [1.29, 1.82) is 0 Å². The van der Waals surface area contributed by atoms with Crippen LogP contribution in [-0.4, -0.2) is 36.4 Å². The van der Waals surface area contributed by atoms with Crippen molar-refractivity contribution >= 4 is 11.9 Å². The molecule has 1 aliphatic heterocycles. The Morgan fingerprint density at radius 2 is 2.29 bits per heavy atom. The maximum atomic E-state index is 11.2. The minimum absolute atomic E-state index is 0.00174. The Balaban J connectivity index is 2.41. The van der Waals surface area contributed by atoms with Crippen molar-refractivity contribution in [3.8, 4) is 0 Å². The smallest absolute Gasteiger partial charge is 0.334 e. The molecule has 14 heavy (non-hydrogen) atoms. The third-order valence-corrected chi connectivity index (χ3v) is 1.74. The van der Waals surface area contributed by atoms with E-state index in [2.05, 4.69) is 0 Å². The molecule has 1 fully saturated rings. The van der Waals surface area contributed by atoms with Gasteiger partial charge >= 0.3 is 11.9 Å². The highest BCUT2D eigenvalue weighted by Gasteiger charge is 2.24. The SMILES string of the molecule is CCC(=CC(=O)O)C(=O)OCC1CO1. The third kappa shape index (κ3) is 3.57. The van der Waals surface area contributed by atoms with E-state index in [9.17, 15) is 9.59 Å². The maximum Gasteiger partial charge on any atom is 0.334 e. The summed E-state index contributed by atoms with van der Waals surface area (Å²) in [7, 11) is 0. The van der Waals surface area contributed by atoms with Gasteiger partial charge in [-0.1, -0.05) is 6.92 Å². The zero-order valence-electron chi connectivity index (χ0n) is 7.86. The number of ether oxygens (including phenoxy) is 2. The van der Waals surface area contributed by atoms with Gasteiger partial charge in [0.2, 0.25) is 0 Å². The van der Waals surface area contributed by atoms with Crippen LogP contribution in [0.25, 0.3) is 0 Å². The highest BCUT2D eigenvalue weighted by molar-refractivity contribution is 5.95. The van der Waals surface area contributed by atoms with Crippen molar-refractivity contribution in [2.75, 3.05) is 13.2 Å². The number of aliphatic carboxylic acids is 1. The number of carbonyl (C=O) groups excluding carboxylic acids is 1. The van der Waals surface area contributed by atoms with Gasteiger partial charge in [-0.15, -0.1) is 0 Å². The van der Waals surface area contributed by atoms with Gasteiger partial charge in [-0.3, -0.25) is 0 Å². The Bertz CT molecular complexity index is 264. The van der Waals surface area contributed by atoms with E-state index in [1.54, 1.807) is 6.92 Å². The van der Waals surface area contributed by atoms with Crippen molar-refractivity contribution in [1.82, 2.24) is 0 Å². The lowest BCUT2D eigenvalue weighted by molar-refractivity contribution is -0.140. The van der Waals surface area contributed by atoms with E-state index in [4.69, 9.17) is 14.6 Å². The van der Waals surface area contributed by atoms with Gasteiger partial charge in [0.1, 0.15) is 12.7 Å². The Hall–Kier alpha value is -1.36. The summed E-state index contributed by atoms with van der Waals surface area (Å²) >= 11 is 0. The second kappa shape index (κ2) is 4.76. The van der Waals surface area contributed by atoms with E-state index in [-0.39, 0.29) is 18.3 Å². The first kappa shape index (κ1) is 10.7. The molecule has 1 heterocycles. The van der Waals surface area contributed by atoms with E-state index >= 15 is 0 Å². The molecule has 0 aromatic heterocycles. The first-order valence-electron chi connectivity index (χ1n) is 4.35. The highest BCUT2D eigenvalue weighted by atomic mass is 16.6. The standard InChI is InChI=1S/C9H12O5/c1-2-6(3-8(10)11)9(12)14-5-7-4-13-7/h3,7H,2,4-5H2,1H3,(H,10,11). The van der Waals surface area contributed by atoms with Crippen LogP contribution < -0.4 is 0 Å². The lowest BCUT2D eigenvalue weighted by Gasteiger charge is -2.03. The molecular formula is C9H12O5. The van der Waals surface area contributed by atoms with Gasteiger partial charge in [-0.25, -0.2) is 9.59 Å². The Labute approximate surface area is 81.3 Å². The largest absolute Gasteiger partial charge is 0.478 e. The molecule has 0 aromatic rings. The van der Waals surface area contributed by atoms with Gasteiger partial charge in [0, 0.05) is 11.6 Å². The zero-order chi connectivity index (χ0) is 10.6. The van der Waals surface area contributed by atoms with E-state index in [1.165, 1.54) is 0 Å². The molecule has 1 N–H and O–H groups in total. The van der Waals surface area contributed by atoms with Gasteiger partial charge < -0.3 is 14.6 Å². The van der Waals surface area contributed by atoms with Crippen molar-refractivity contribution < 1.29 is 24.2 Å². The number of carboxylic acids is 1. The molecule has 0 spiro atoms. The van der Waals surface area contributed by atoms with Crippen LogP contribution in [0.2, 0.25) is 0 Å². The molecule has 0 radical (unpaired) electrons. The van der Waals surface area contributed by atoms with E-state index in [0.29, 0.717) is 13.0 Å². The topological polar surface area (TPSA) is 76.1 Å². The second-order valence-corrected chi connectivity index (χ2v) is 2.92. The van der Waals surface area contributed by atoms with Gasteiger partial charge in [-0.05, 0) is 6.42 Å². The molecule has 0 aliphatic carbocycles. The maximum absolute atomic E-state index is 11.2. The molecule has 78 valence electrons. The number of carbonyl (C=O) groups is 2. The van der Waals surface area contributed by atoms with E-state index in [0.717, 1.165) is 6.08 Å². The zero-order valence-corrected chi connectivity index (χ0v) is 7.86. The van der Waals surface area contributed by atoms with Crippen LogP contribution >= 0.6 is 0 Å². The summed E-state index contributed by atoms with van der Waals surface area (Å²) in [6.45, 7) is 2.51.